The van der Waals surface area contributed by atoms with Crippen molar-refractivity contribution >= 4 is 21.6 Å². The van der Waals surface area contributed by atoms with E-state index in [0.29, 0.717) is 10.0 Å². The van der Waals surface area contributed by atoms with E-state index in [1.165, 1.54) is 0 Å². The summed E-state index contributed by atoms with van der Waals surface area (Å²) in [5.74, 6) is 0. The number of rotatable bonds is 2. The van der Waals surface area contributed by atoms with Gasteiger partial charge >= 0.3 is 0 Å². The smallest absolute Gasteiger partial charge is 0.258 e. The van der Waals surface area contributed by atoms with Crippen LogP contribution >= 0.6 is 15.9 Å². The molecule has 16 heavy (non-hydrogen) atoms. The van der Waals surface area contributed by atoms with Crippen molar-refractivity contribution in [3.8, 4) is 11.1 Å². The number of para-hydroxylation sites is 1. The zero-order valence-corrected chi connectivity index (χ0v) is 9.85. The van der Waals surface area contributed by atoms with E-state index in [2.05, 4.69) is 15.9 Å². The lowest BCUT2D eigenvalue weighted by atomic mass is 10.0. The average molecular weight is 278 g/mol. The van der Waals surface area contributed by atoms with Gasteiger partial charge in [-0.3, -0.25) is 10.1 Å². The Morgan fingerprint density at radius 3 is 2.31 bits per heavy atom. The minimum absolute atomic E-state index is 0.105. The molecule has 0 N–H and O–H groups in total. The number of benzene rings is 2. The van der Waals surface area contributed by atoms with Crippen molar-refractivity contribution in [1.29, 1.82) is 0 Å². The molecule has 0 fully saturated rings. The first kappa shape index (κ1) is 10.8. The fourth-order valence-corrected chi connectivity index (χ4v) is 2.06. The molecule has 2 aromatic rings. The molecular formula is C12H8BrNO2. The largest absolute Gasteiger partial charge is 0.291 e. The summed E-state index contributed by atoms with van der Waals surface area (Å²) in [7, 11) is 0. The fourth-order valence-electron chi connectivity index (χ4n) is 1.55. The summed E-state index contributed by atoms with van der Waals surface area (Å²) in [5.41, 5.74) is 1.57. The normalized spacial score (nSPS) is 10.1. The maximum Gasteiger partial charge on any atom is 0.291 e. The average Bonchev–Trinajstić information content (AvgIpc) is 2.29. The van der Waals surface area contributed by atoms with E-state index in [4.69, 9.17) is 0 Å². The monoisotopic (exact) mass is 277 g/mol. The first-order chi connectivity index (χ1) is 7.70. The van der Waals surface area contributed by atoms with E-state index in [1.807, 2.05) is 30.3 Å². The Morgan fingerprint density at radius 1 is 1.00 bits per heavy atom. The van der Waals surface area contributed by atoms with Crippen LogP contribution in [0.5, 0.6) is 0 Å². The first-order valence-corrected chi connectivity index (χ1v) is 5.48. The van der Waals surface area contributed by atoms with Gasteiger partial charge in [0.15, 0.2) is 0 Å². The Bertz CT molecular complexity index is 526. The lowest BCUT2D eigenvalue weighted by molar-refractivity contribution is -0.385. The van der Waals surface area contributed by atoms with Crippen LogP contribution in [-0.4, -0.2) is 4.92 Å². The molecule has 0 bridgehead atoms. The molecule has 0 heterocycles. The van der Waals surface area contributed by atoms with Gasteiger partial charge in [0.05, 0.1) is 15.0 Å². The third-order valence-electron chi connectivity index (χ3n) is 2.25. The molecule has 2 aromatic carbocycles. The first-order valence-electron chi connectivity index (χ1n) is 4.68. The number of hydrogen-bond donors (Lipinski definition) is 0. The minimum Gasteiger partial charge on any atom is -0.258 e. The van der Waals surface area contributed by atoms with Crippen molar-refractivity contribution in [2.24, 2.45) is 0 Å². The van der Waals surface area contributed by atoms with Crippen molar-refractivity contribution in [3.05, 3.63) is 63.1 Å². The maximum atomic E-state index is 11.0. The summed E-state index contributed by atoms with van der Waals surface area (Å²) in [6.45, 7) is 0. The number of nitro benzene ring substituents is 1. The zero-order chi connectivity index (χ0) is 11.5. The molecule has 3 nitrogen and oxygen atoms in total. The van der Waals surface area contributed by atoms with Crippen LogP contribution < -0.4 is 0 Å². The van der Waals surface area contributed by atoms with Crippen LogP contribution in [0.4, 0.5) is 5.69 Å². The molecule has 2 rings (SSSR count). The van der Waals surface area contributed by atoms with Gasteiger partial charge in [0.1, 0.15) is 0 Å². The van der Waals surface area contributed by atoms with Gasteiger partial charge in [0.25, 0.3) is 5.69 Å². The summed E-state index contributed by atoms with van der Waals surface area (Å²) in [4.78, 5) is 10.6. The standard InChI is InChI=1S/C12H8BrNO2/c13-11-8-4-7-10(12(11)14(15)16)9-5-2-1-3-6-9/h1-8H. The second-order valence-electron chi connectivity index (χ2n) is 3.26. The summed E-state index contributed by atoms with van der Waals surface area (Å²) < 4.78 is 0.499. The molecule has 4 heteroatoms. The Morgan fingerprint density at radius 2 is 1.69 bits per heavy atom. The topological polar surface area (TPSA) is 43.1 Å². The molecule has 0 saturated carbocycles. The molecule has 0 unspecified atom stereocenters. The van der Waals surface area contributed by atoms with E-state index in [0.717, 1.165) is 5.56 Å². The number of nitrogens with zero attached hydrogens (tertiary/aromatic N) is 1. The molecule has 0 aliphatic carbocycles. The predicted molar refractivity (Wildman–Crippen MR) is 66.2 cm³/mol. The second-order valence-corrected chi connectivity index (χ2v) is 4.11. The van der Waals surface area contributed by atoms with Gasteiger partial charge in [-0.25, -0.2) is 0 Å². The van der Waals surface area contributed by atoms with Gasteiger partial charge in [-0.2, -0.15) is 0 Å². The summed E-state index contributed by atoms with van der Waals surface area (Å²) in [5, 5.41) is 11.0. The Hall–Kier alpha value is -1.68. The number of halogens is 1. The van der Waals surface area contributed by atoms with Crippen LogP contribution in [0.2, 0.25) is 0 Å². The molecule has 0 saturated heterocycles. The number of hydrogen-bond acceptors (Lipinski definition) is 2. The highest BCUT2D eigenvalue weighted by Gasteiger charge is 2.18. The van der Waals surface area contributed by atoms with E-state index in [-0.39, 0.29) is 10.6 Å². The molecule has 0 aliphatic heterocycles. The summed E-state index contributed by atoms with van der Waals surface area (Å²) >= 11 is 3.20. The Labute approximate surface area is 101 Å². The van der Waals surface area contributed by atoms with E-state index in [9.17, 15) is 10.1 Å². The Kier molecular flexibility index (Phi) is 3.01. The zero-order valence-electron chi connectivity index (χ0n) is 8.26. The van der Waals surface area contributed by atoms with Crippen LogP contribution in [0.15, 0.2) is 53.0 Å². The van der Waals surface area contributed by atoms with Gasteiger partial charge in [-0.15, -0.1) is 0 Å². The van der Waals surface area contributed by atoms with Gasteiger partial charge in [-0.1, -0.05) is 36.4 Å². The number of nitro groups is 1. The summed E-state index contributed by atoms with van der Waals surface area (Å²) in [6.07, 6.45) is 0. The molecular weight excluding hydrogens is 270 g/mol. The molecule has 0 atom stereocenters. The maximum absolute atomic E-state index is 11.0. The lowest BCUT2D eigenvalue weighted by Gasteiger charge is -2.04. The fraction of sp³-hybridized carbons (Fsp3) is 0. The second kappa shape index (κ2) is 4.45. The van der Waals surface area contributed by atoms with E-state index >= 15 is 0 Å². The van der Waals surface area contributed by atoms with Crippen LogP contribution in [0.25, 0.3) is 11.1 Å². The van der Waals surface area contributed by atoms with Crippen molar-refractivity contribution in [2.75, 3.05) is 0 Å². The third kappa shape index (κ3) is 1.97. The molecule has 0 radical (unpaired) electrons. The van der Waals surface area contributed by atoms with Gasteiger partial charge in [-0.05, 0) is 33.6 Å². The highest BCUT2D eigenvalue weighted by atomic mass is 79.9. The van der Waals surface area contributed by atoms with Crippen LogP contribution in [-0.2, 0) is 0 Å². The lowest BCUT2D eigenvalue weighted by Crippen LogP contribution is -1.92. The van der Waals surface area contributed by atoms with Crippen LogP contribution in [0, 0.1) is 10.1 Å². The van der Waals surface area contributed by atoms with Crippen LogP contribution in [0.1, 0.15) is 0 Å². The van der Waals surface area contributed by atoms with Crippen molar-refractivity contribution in [2.45, 2.75) is 0 Å². The highest BCUT2D eigenvalue weighted by Crippen LogP contribution is 2.35. The molecule has 80 valence electrons. The SMILES string of the molecule is O=[N+]([O-])c1c(Br)cccc1-c1ccccc1. The van der Waals surface area contributed by atoms with Gasteiger partial charge in [0.2, 0.25) is 0 Å². The molecule has 0 aliphatic rings. The molecule has 0 aromatic heterocycles. The predicted octanol–water partition coefficient (Wildman–Crippen LogP) is 4.02. The van der Waals surface area contributed by atoms with E-state index < -0.39 is 0 Å². The molecule has 0 spiro atoms. The summed E-state index contributed by atoms with van der Waals surface area (Å²) in [6, 6.07) is 14.5. The quantitative estimate of drug-likeness (QED) is 0.615. The van der Waals surface area contributed by atoms with E-state index in [1.54, 1.807) is 18.2 Å². The van der Waals surface area contributed by atoms with Crippen LogP contribution in [0.3, 0.4) is 0 Å². The third-order valence-corrected chi connectivity index (χ3v) is 2.89. The van der Waals surface area contributed by atoms with Gasteiger partial charge < -0.3 is 0 Å². The highest BCUT2D eigenvalue weighted by molar-refractivity contribution is 9.10. The minimum atomic E-state index is -0.369. The molecule has 0 amide bonds. The van der Waals surface area contributed by atoms with Crippen molar-refractivity contribution < 1.29 is 4.92 Å². The van der Waals surface area contributed by atoms with Crippen molar-refractivity contribution in [3.63, 3.8) is 0 Å². The van der Waals surface area contributed by atoms with Crippen molar-refractivity contribution in [1.82, 2.24) is 0 Å². The van der Waals surface area contributed by atoms with Gasteiger partial charge in [0, 0.05) is 0 Å². The Balaban J connectivity index is 2.66.